The summed E-state index contributed by atoms with van der Waals surface area (Å²) in [5.41, 5.74) is 0.513. The van der Waals surface area contributed by atoms with Crippen molar-refractivity contribution < 1.29 is 28.6 Å². The third-order valence-electron chi connectivity index (χ3n) is 5.40. The zero-order valence-corrected chi connectivity index (χ0v) is 17.7. The van der Waals surface area contributed by atoms with Crippen LogP contribution in [0.15, 0.2) is 71.1 Å². The van der Waals surface area contributed by atoms with E-state index in [4.69, 9.17) is 13.9 Å². The minimum absolute atomic E-state index is 0.0390. The van der Waals surface area contributed by atoms with Crippen molar-refractivity contribution in [2.75, 3.05) is 20.8 Å². The number of aromatic nitrogens is 2. The molecule has 1 amide bonds. The van der Waals surface area contributed by atoms with Crippen molar-refractivity contribution in [2.24, 2.45) is 0 Å². The van der Waals surface area contributed by atoms with Crippen LogP contribution in [0.25, 0.3) is 0 Å². The second-order valence-corrected chi connectivity index (χ2v) is 7.23. The van der Waals surface area contributed by atoms with Crippen LogP contribution in [0.1, 0.15) is 28.6 Å². The predicted octanol–water partition coefficient (Wildman–Crippen LogP) is 3.16. The Morgan fingerprint density at radius 1 is 1.22 bits per heavy atom. The lowest BCUT2D eigenvalue weighted by Gasteiger charge is -2.28. The molecule has 1 aliphatic rings. The molecule has 4 rings (SSSR count). The number of methoxy groups -OCH3 is 2. The number of ether oxygens (including phenoxy) is 2. The van der Waals surface area contributed by atoms with Gasteiger partial charge >= 0.3 is 0 Å². The standard InChI is InChI=1S/C23H23N3O6/c1-30-15-6-7-16(18(13-15)31-2)20-19(21(27)17-5-3-12-32-17)22(28)23(29)26(20)10-4-9-25-11-8-24-14-25/h3,5-8,11-14,20,28H,4,9-10H2,1-2H3. The van der Waals surface area contributed by atoms with Crippen LogP contribution < -0.4 is 9.47 Å². The zero-order chi connectivity index (χ0) is 22.7. The first kappa shape index (κ1) is 21.2. The summed E-state index contributed by atoms with van der Waals surface area (Å²) >= 11 is 0. The summed E-state index contributed by atoms with van der Waals surface area (Å²) in [5.74, 6) is -0.724. The summed E-state index contributed by atoms with van der Waals surface area (Å²) in [7, 11) is 3.03. The molecule has 2 aromatic heterocycles. The van der Waals surface area contributed by atoms with Crippen LogP contribution in [0, 0.1) is 0 Å². The first-order chi connectivity index (χ1) is 15.5. The third kappa shape index (κ3) is 3.84. The Kier molecular flexibility index (Phi) is 5.98. The SMILES string of the molecule is COc1ccc(C2C(C(=O)c3ccco3)=C(O)C(=O)N2CCCn2ccnc2)c(OC)c1. The fourth-order valence-electron chi connectivity index (χ4n) is 3.87. The summed E-state index contributed by atoms with van der Waals surface area (Å²) in [6.07, 6.45) is 7.16. The molecule has 1 N–H and O–H groups in total. The number of aliphatic hydroxyl groups is 1. The van der Waals surface area contributed by atoms with Gasteiger partial charge in [0.25, 0.3) is 5.91 Å². The van der Waals surface area contributed by atoms with E-state index in [0.717, 1.165) is 0 Å². The van der Waals surface area contributed by atoms with Crippen molar-refractivity contribution in [2.45, 2.75) is 19.0 Å². The minimum atomic E-state index is -0.844. The van der Waals surface area contributed by atoms with E-state index < -0.39 is 23.5 Å². The van der Waals surface area contributed by atoms with Crippen molar-refractivity contribution in [3.63, 3.8) is 0 Å². The van der Waals surface area contributed by atoms with Crippen LogP contribution in [-0.4, -0.2) is 52.0 Å². The number of benzene rings is 1. The molecule has 9 heteroatoms. The van der Waals surface area contributed by atoms with E-state index in [1.54, 1.807) is 36.8 Å². The number of nitrogens with zero attached hydrogens (tertiary/aromatic N) is 3. The number of imidazole rings is 1. The average molecular weight is 437 g/mol. The molecule has 1 atom stereocenters. The molecular formula is C23H23N3O6. The van der Waals surface area contributed by atoms with E-state index in [1.807, 2.05) is 10.8 Å². The minimum Gasteiger partial charge on any atom is -0.503 e. The number of rotatable bonds is 9. The van der Waals surface area contributed by atoms with Crippen LogP contribution in [-0.2, 0) is 11.3 Å². The molecule has 166 valence electrons. The van der Waals surface area contributed by atoms with Crippen molar-refractivity contribution in [1.82, 2.24) is 14.5 Å². The van der Waals surface area contributed by atoms with E-state index in [1.165, 1.54) is 31.4 Å². The Hall–Kier alpha value is -4.01. The lowest BCUT2D eigenvalue weighted by atomic mass is 9.94. The Morgan fingerprint density at radius 3 is 2.72 bits per heavy atom. The monoisotopic (exact) mass is 437 g/mol. The van der Waals surface area contributed by atoms with Gasteiger partial charge in [-0.1, -0.05) is 0 Å². The lowest BCUT2D eigenvalue weighted by molar-refractivity contribution is -0.129. The van der Waals surface area contributed by atoms with E-state index in [0.29, 0.717) is 36.6 Å². The molecule has 1 unspecified atom stereocenters. The molecule has 1 aromatic carbocycles. The normalized spacial score (nSPS) is 16.0. The molecule has 9 nitrogen and oxygen atoms in total. The highest BCUT2D eigenvalue weighted by molar-refractivity contribution is 6.15. The maximum atomic E-state index is 13.2. The van der Waals surface area contributed by atoms with Crippen molar-refractivity contribution in [3.05, 3.63) is 78.0 Å². The Balaban J connectivity index is 1.73. The molecular weight excluding hydrogens is 414 g/mol. The second kappa shape index (κ2) is 9.01. The zero-order valence-electron chi connectivity index (χ0n) is 17.7. The maximum Gasteiger partial charge on any atom is 0.290 e. The van der Waals surface area contributed by atoms with Gasteiger partial charge in [0.1, 0.15) is 11.5 Å². The third-order valence-corrected chi connectivity index (χ3v) is 5.40. The number of aryl methyl sites for hydroxylation is 1. The second-order valence-electron chi connectivity index (χ2n) is 7.23. The van der Waals surface area contributed by atoms with Gasteiger partial charge in [-0.15, -0.1) is 0 Å². The topological polar surface area (TPSA) is 107 Å². The highest BCUT2D eigenvalue weighted by atomic mass is 16.5. The number of furan rings is 1. The van der Waals surface area contributed by atoms with Crippen LogP contribution >= 0.6 is 0 Å². The van der Waals surface area contributed by atoms with Gasteiger partial charge in [-0.25, -0.2) is 4.98 Å². The molecule has 3 aromatic rings. The first-order valence-electron chi connectivity index (χ1n) is 10.0. The number of ketones is 1. The van der Waals surface area contributed by atoms with Gasteiger partial charge in [0.2, 0.25) is 5.78 Å². The lowest BCUT2D eigenvalue weighted by Crippen LogP contribution is -2.32. The summed E-state index contributed by atoms with van der Waals surface area (Å²) in [6, 6.07) is 7.35. The molecule has 0 bridgehead atoms. The fraction of sp³-hybridized carbons (Fsp3) is 0.261. The first-order valence-corrected chi connectivity index (χ1v) is 10.0. The number of Topliss-reactive ketones (excluding diaryl/α,β-unsaturated/α-hetero) is 1. The summed E-state index contributed by atoms with van der Waals surface area (Å²) in [6.45, 7) is 0.925. The summed E-state index contributed by atoms with van der Waals surface area (Å²) < 4.78 is 17.9. The number of hydrogen-bond acceptors (Lipinski definition) is 7. The van der Waals surface area contributed by atoms with E-state index in [-0.39, 0.29) is 11.3 Å². The molecule has 3 heterocycles. The van der Waals surface area contributed by atoms with Gasteiger partial charge in [0.05, 0.1) is 38.4 Å². The molecule has 0 saturated heterocycles. The summed E-state index contributed by atoms with van der Waals surface area (Å²) in [4.78, 5) is 31.7. The van der Waals surface area contributed by atoms with Gasteiger partial charge in [0, 0.05) is 37.1 Å². The van der Waals surface area contributed by atoms with Crippen LogP contribution in [0.3, 0.4) is 0 Å². The van der Waals surface area contributed by atoms with E-state index in [9.17, 15) is 14.7 Å². The fourth-order valence-corrected chi connectivity index (χ4v) is 3.87. The predicted molar refractivity (Wildman–Crippen MR) is 114 cm³/mol. The molecule has 0 saturated carbocycles. The number of carbonyl (C=O) groups is 2. The highest BCUT2D eigenvalue weighted by Crippen LogP contribution is 2.43. The molecule has 0 radical (unpaired) electrons. The Morgan fingerprint density at radius 2 is 2.06 bits per heavy atom. The van der Waals surface area contributed by atoms with Crippen molar-refractivity contribution in [3.8, 4) is 11.5 Å². The van der Waals surface area contributed by atoms with E-state index in [2.05, 4.69) is 4.98 Å². The van der Waals surface area contributed by atoms with Gasteiger partial charge < -0.3 is 28.5 Å². The smallest absolute Gasteiger partial charge is 0.290 e. The Labute approximate surface area is 184 Å². The largest absolute Gasteiger partial charge is 0.503 e. The number of hydrogen-bond donors (Lipinski definition) is 1. The number of carbonyl (C=O) groups excluding carboxylic acids is 2. The van der Waals surface area contributed by atoms with Crippen LogP contribution in [0.5, 0.6) is 11.5 Å². The van der Waals surface area contributed by atoms with Crippen LogP contribution in [0.2, 0.25) is 0 Å². The molecule has 1 aliphatic heterocycles. The maximum absolute atomic E-state index is 13.2. The Bertz CT molecular complexity index is 1130. The number of amides is 1. The quantitative estimate of drug-likeness (QED) is 0.513. The molecule has 0 spiro atoms. The summed E-state index contributed by atoms with van der Waals surface area (Å²) in [5, 5.41) is 10.7. The van der Waals surface area contributed by atoms with Gasteiger partial charge in [-0.2, -0.15) is 0 Å². The van der Waals surface area contributed by atoms with E-state index >= 15 is 0 Å². The van der Waals surface area contributed by atoms with Crippen molar-refractivity contribution >= 4 is 11.7 Å². The van der Waals surface area contributed by atoms with Gasteiger partial charge in [-0.05, 0) is 30.7 Å². The number of aliphatic hydroxyl groups excluding tert-OH is 1. The van der Waals surface area contributed by atoms with Crippen molar-refractivity contribution in [1.29, 1.82) is 0 Å². The molecule has 0 aliphatic carbocycles. The van der Waals surface area contributed by atoms with Gasteiger partial charge in [-0.3, -0.25) is 9.59 Å². The van der Waals surface area contributed by atoms with Crippen LogP contribution in [0.4, 0.5) is 0 Å². The van der Waals surface area contributed by atoms with Gasteiger partial charge in [0.15, 0.2) is 11.5 Å². The molecule has 32 heavy (non-hydrogen) atoms. The molecule has 0 fully saturated rings. The average Bonchev–Trinajstić information content (AvgIpc) is 3.57. The highest BCUT2D eigenvalue weighted by Gasteiger charge is 2.45.